The van der Waals surface area contributed by atoms with Crippen molar-refractivity contribution < 1.29 is 14.3 Å². The first-order valence-electron chi connectivity index (χ1n) is 11.2. The van der Waals surface area contributed by atoms with E-state index >= 15 is 0 Å². The number of likely N-dealkylation sites (N-methyl/N-ethyl adjacent to an activating group) is 1. The lowest BCUT2D eigenvalue weighted by Crippen LogP contribution is -2.40. The smallest absolute Gasteiger partial charge is 0.319 e. The molecule has 0 aliphatic rings. The third-order valence-electron chi connectivity index (χ3n) is 5.63. The number of para-hydroxylation sites is 1. The molecule has 4 aromatic rings. The first kappa shape index (κ1) is 28.1. The molecule has 4 rings (SSSR count). The summed E-state index contributed by atoms with van der Waals surface area (Å²) in [7, 11) is 1.58. The first-order chi connectivity index (χ1) is 17.2. The molecule has 0 saturated heterocycles. The van der Waals surface area contributed by atoms with Crippen molar-refractivity contribution in [2.24, 2.45) is 0 Å². The molecule has 8 nitrogen and oxygen atoms in total. The molecule has 0 aliphatic carbocycles. The Morgan fingerprint density at radius 2 is 1.84 bits per heavy atom. The summed E-state index contributed by atoms with van der Waals surface area (Å²) in [6.45, 7) is 3.65. The predicted octanol–water partition coefficient (Wildman–Crippen LogP) is 6.04. The number of hydrogen-bond acceptors (Lipinski definition) is 4. The summed E-state index contributed by atoms with van der Waals surface area (Å²) in [4.78, 5) is 30.9. The zero-order chi connectivity index (χ0) is 25.8. The van der Waals surface area contributed by atoms with E-state index in [2.05, 4.69) is 15.6 Å². The molecule has 0 saturated carbocycles. The summed E-state index contributed by atoms with van der Waals surface area (Å²) in [5.41, 5.74) is 4.11. The first-order valence-corrected chi connectivity index (χ1v) is 11.9. The molecular formula is C26H26Cl3N5O3. The van der Waals surface area contributed by atoms with E-state index < -0.39 is 6.03 Å². The van der Waals surface area contributed by atoms with Gasteiger partial charge in [-0.2, -0.15) is 0 Å². The maximum absolute atomic E-state index is 12.8. The van der Waals surface area contributed by atoms with E-state index in [0.717, 1.165) is 11.3 Å². The zero-order valence-corrected chi connectivity index (χ0v) is 22.7. The number of carbonyl (C=O) groups is 2. The number of carbonyl (C=O) groups excluding carboxylic acids is 2. The molecule has 37 heavy (non-hydrogen) atoms. The number of halogens is 3. The molecular weight excluding hydrogens is 537 g/mol. The molecule has 0 spiro atoms. The molecule has 3 amide bonds. The molecule has 0 radical (unpaired) electrons. The van der Waals surface area contributed by atoms with E-state index in [1.165, 1.54) is 4.90 Å². The molecule has 2 aromatic heterocycles. The number of rotatable bonds is 7. The van der Waals surface area contributed by atoms with Crippen molar-refractivity contribution in [2.75, 3.05) is 23.8 Å². The van der Waals surface area contributed by atoms with Crippen LogP contribution < -0.4 is 20.3 Å². The average Bonchev–Trinajstić information content (AvgIpc) is 3.24. The number of nitrogens with one attached hydrogen (secondary N) is 2. The number of fused-ring (bicyclic) bond motifs is 1. The Kier molecular flexibility index (Phi) is 9.26. The minimum atomic E-state index is -0.481. The molecule has 194 valence electrons. The molecule has 2 aromatic carbocycles. The number of aryl methyl sites for hydroxylation is 2. The van der Waals surface area contributed by atoms with Crippen LogP contribution in [0.4, 0.5) is 16.2 Å². The number of urea groups is 1. The van der Waals surface area contributed by atoms with Crippen LogP contribution >= 0.6 is 35.6 Å². The Morgan fingerprint density at radius 3 is 2.59 bits per heavy atom. The van der Waals surface area contributed by atoms with Crippen LogP contribution in [0.5, 0.6) is 5.75 Å². The van der Waals surface area contributed by atoms with Crippen LogP contribution in [-0.4, -0.2) is 34.9 Å². The van der Waals surface area contributed by atoms with Gasteiger partial charge in [-0.3, -0.25) is 4.79 Å². The van der Waals surface area contributed by atoms with Crippen molar-refractivity contribution in [3.63, 3.8) is 0 Å². The highest BCUT2D eigenvalue weighted by Crippen LogP contribution is 2.35. The molecule has 2 heterocycles. The fourth-order valence-electron chi connectivity index (χ4n) is 3.64. The number of pyridine rings is 1. The van der Waals surface area contributed by atoms with Gasteiger partial charge in [-0.25, -0.2) is 9.78 Å². The van der Waals surface area contributed by atoms with E-state index in [-0.39, 0.29) is 36.5 Å². The van der Waals surface area contributed by atoms with Gasteiger partial charge < -0.3 is 24.7 Å². The van der Waals surface area contributed by atoms with Crippen LogP contribution in [0.25, 0.3) is 5.65 Å². The Labute approximate surface area is 230 Å². The number of benzene rings is 2. The predicted molar refractivity (Wildman–Crippen MR) is 150 cm³/mol. The number of amides is 3. The van der Waals surface area contributed by atoms with E-state index in [1.54, 1.807) is 25.2 Å². The van der Waals surface area contributed by atoms with Crippen LogP contribution in [0.2, 0.25) is 10.0 Å². The molecule has 0 unspecified atom stereocenters. The summed E-state index contributed by atoms with van der Waals surface area (Å²) >= 11 is 13.1. The van der Waals surface area contributed by atoms with Gasteiger partial charge in [0, 0.05) is 35.7 Å². The maximum atomic E-state index is 12.8. The molecule has 2 N–H and O–H groups in total. The normalized spacial score (nSPS) is 10.5. The molecule has 0 fully saturated rings. The van der Waals surface area contributed by atoms with E-state index in [0.29, 0.717) is 33.4 Å². The fraction of sp³-hybridized carbons (Fsp3) is 0.192. The van der Waals surface area contributed by atoms with Gasteiger partial charge in [0.1, 0.15) is 6.61 Å². The number of anilines is 2. The average molecular weight is 563 g/mol. The van der Waals surface area contributed by atoms with Crippen molar-refractivity contribution >= 4 is 64.6 Å². The van der Waals surface area contributed by atoms with E-state index in [9.17, 15) is 9.59 Å². The third kappa shape index (κ3) is 6.46. The van der Waals surface area contributed by atoms with Crippen LogP contribution in [0.3, 0.4) is 0 Å². The molecule has 0 atom stereocenters. The Bertz CT molecular complexity index is 1440. The number of aromatic nitrogens is 2. The molecule has 11 heteroatoms. The van der Waals surface area contributed by atoms with Gasteiger partial charge in [0.25, 0.3) is 0 Å². The van der Waals surface area contributed by atoms with Gasteiger partial charge in [-0.05, 0) is 49.7 Å². The van der Waals surface area contributed by atoms with Gasteiger partial charge in [0.05, 0.1) is 22.9 Å². The van der Waals surface area contributed by atoms with Crippen molar-refractivity contribution in [1.82, 2.24) is 14.7 Å². The Balaban J connectivity index is 0.00000380. The Hall–Kier alpha value is -3.46. The lowest BCUT2D eigenvalue weighted by atomic mass is 10.2. The van der Waals surface area contributed by atoms with Crippen LogP contribution in [-0.2, 0) is 11.4 Å². The van der Waals surface area contributed by atoms with Gasteiger partial charge in [0.2, 0.25) is 5.91 Å². The van der Waals surface area contributed by atoms with Crippen molar-refractivity contribution in [3.05, 3.63) is 87.8 Å². The monoisotopic (exact) mass is 561 g/mol. The van der Waals surface area contributed by atoms with Gasteiger partial charge in [-0.15, -0.1) is 12.4 Å². The number of nitrogens with zero attached hydrogens (tertiary/aromatic N) is 3. The van der Waals surface area contributed by atoms with Crippen LogP contribution in [0.1, 0.15) is 16.8 Å². The van der Waals surface area contributed by atoms with Crippen molar-refractivity contribution in [1.29, 1.82) is 0 Å². The molecule has 0 bridgehead atoms. The summed E-state index contributed by atoms with van der Waals surface area (Å²) in [5.74, 6) is 0.222. The topological polar surface area (TPSA) is 88.0 Å². The largest absolute Gasteiger partial charge is 0.485 e. The second-order valence-electron chi connectivity index (χ2n) is 8.21. The third-order valence-corrected chi connectivity index (χ3v) is 6.41. The van der Waals surface area contributed by atoms with Crippen molar-refractivity contribution in [3.8, 4) is 5.75 Å². The maximum Gasteiger partial charge on any atom is 0.319 e. The number of ether oxygens (including phenoxy) is 1. The highest BCUT2D eigenvalue weighted by atomic mass is 35.5. The summed E-state index contributed by atoms with van der Waals surface area (Å²) in [6.07, 6.45) is 3.79. The molecule has 0 aliphatic heterocycles. The van der Waals surface area contributed by atoms with E-state index in [1.807, 2.05) is 61.0 Å². The van der Waals surface area contributed by atoms with Crippen molar-refractivity contribution in [2.45, 2.75) is 20.5 Å². The standard InChI is InChI=1S/C26H25Cl2N5O3.ClH/c1-16-7-4-5-8-20(16)31-26(35)29-13-23(34)32(3)21-11-10-19(27)18(24(21)28)15-36-22-9-6-12-33-14-17(2)30-25(22)33;/h4-12,14H,13,15H2,1-3H3,(H2,29,31,35);1H. The fourth-order valence-corrected chi connectivity index (χ4v) is 4.24. The highest BCUT2D eigenvalue weighted by molar-refractivity contribution is 6.38. The van der Waals surface area contributed by atoms with Crippen LogP contribution in [0.15, 0.2) is 60.9 Å². The zero-order valence-electron chi connectivity index (χ0n) is 20.4. The van der Waals surface area contributed by atoms with Crippen LogP contribution in [0, 0.1) is 13.8 Å². The number of hydrogen-bond donors (Lipinski definition) is 2. The number of imidazole rings is 1. The highest BCUT2D eigenvalue weighted by Gasteiger charge is 2.19. The van der Waals surface area contributed by atoms with Gasteiger partial charge in [-0.1, -0.05) is 41.4 Å². The SMILES string of the molecule is Cc1cn2cccc(OCc3c(Cl)ccc(N(C)C(=O)CNC(=O)Nc4ccccc4C)c3Cl)c2n1.Cl. The lowest BCUT2D eigenvalue weighted by molar-refractivity contribution is -0.117. The minimum absolute atomic E-state index is 0. The van der Waals surface area contributed by atoms with E-state index in [4.69, 9.17) is 27.9 Å². The quantitative estimate of drug-likeness (QED) is 0.287. The summed E-state index contributed by atoms with van der Waals surface area (Å²) < 4.78 is 7.87. The second kappa shape index (κ2) is 12.2. The Morgan fingerprint density at radius 1 is 1.08 bits per heavy atom. The summed E-state index contributed by atoms with van der Waals surface area (Å²) in [6, 6.07) is 13.9. The minimum Gasteiger partial charge on any atom is -0.485 e. The summed E-state index contributed by atoms with van der Waals surface area (Å²) in [5, 5.41) is 6.00. The van der Waals surface area contributed by atoms with Gasteiger partial charge >= 0.3 is 6.03 Å². The lowest BCUT2D eigenvalue weighted by Gasteiger charge is -2.21. The van der Waals surface area contributed by atoms with Gasteiger partial charge in [0.15, 0.2) is 11.4 Å². The second-order valence-corrected chi connectivity index (χ2v) is 8.99.